The molecule has 0 bridgehead atoms. The third-order valence-electron chi connectivity index (χ3n) is 5.38. The Morgan fingerprint density at radius 1 is 1.03 bits per heavy atom. The Labute approximate surface area is 213 Å². The maximum Gasteiger partial charge on any atom is 0.328 e. The number of hydrogen-bond donors (Lipinski definition) is 2. The molecular formula is C24H23Cl2N5O3S. The molecule has 0 saturated heterocycles. The van der Waals surface area contributed by atoms with Crippen LogP contribution in [0.1, 0.15) is 23.9 Å². The third-order valence-corrected chi connectivity index (χ3v) is 7.40. The van der Waals surface area contributed by atoms with E-state index in [0.29, 0.717) is 29.0 Å². The van der Waals surface area contributed by atoms with Crippen LogP contribution in [0.15, 0.2) is 59.5 Å². The molecule has 182 valence electrons. The van der Waals surface area contributed by atoms with Crippen molar-refractivity contribution < 1.29 is 13.2 Å². The molecule has 0 atom stereocenters. The van der Waals surface area contributed by atoms with Crippen LogP contribution in [-0.4, -0.2) is 35.5 Å². The number of sulfonamides is 1. The van der Waals surface area contributed by atoms with E-state index in [1.54, 1.807) is 18.2 Å². The predicted molar refractivity (Wildman–Crippen MR) is 137 cm³/mol. The van der Waals surface area contributed by atoms with Crippen molar-refractivity contribution in [1.29, 1.82) is 0 Å². The lowest BCUT2D eigenvalue weighted by atomic mass is 10.1. The normalized spacial score (nSPS) is 11.5. The van der Waals surface area contributed by atoms with Crippen molar-refractivity contribution in [2.75, 3.05) is 6.54 Å². The molecule has 0 saturated carbocycles. The van der Waals surface area contributed by atoms with Gasteiger partial charge in [0.05, 0.1) is 9.92 Å². The highest BCUT2D eigenvalue weighted by atomic mass is 35.5. The first-order chi connectivity index (χ1) is 16.7. The van der Waals surface area contributed by atoms with Gasteiger partial charge in [0, 0.05) is 18.7 Å². The fourth-order valence-corrected chi connectivity index (χ4v) is 4.79. The Kier molecular flexibility index (Phi) is 7.30. The molecule has 2 amide bonds. The van der Waals surface area contributed by atoms with E-state index in [4.69, 9.17) is 23.2 Å². The zero-order valence-corrected chi connectivity index (χ0v) is 21.4. The van der Waals surface area contributed by atoms with Crippen LogP contribution in [0.2, 0.25) is 10.2 Å². The molecule has 0 aliphatic rings. The van der Waals surface area contributed by atoms with E-state index in [2.05, 4.69) is 15.3 Å². The van der Waals surface area contributed by atoms with Crippen LogP contribution in [0.25, 0.3) is 16.9 Å². The zero-order valence-electron chi connectivity index (χ0n) is 19.0. The molecule has 0 unspecified atom stereocenters. The van der Waals surface area contributed by atoms with E-state index < -0.39 is 16.1 Å². The van der Waals surface area contributed by atoms with Crippen LogP contribution in [0.5, 0.6) is 0 Å². The van der Waals surface area contributed by atoms with Gasteiger partial charge in [0.25, 0.3) is 10.0 Å². The van der Waals surface area contributed by atoms with Crippen LogP contribution in [0, 0.1) is 6.92 Å². The molecule has 0 aliphatic heterocycles. The number of nitrogens with zero attached hydrogens (tertiary/aromatic N) is 3. The summed E-state index contributed by atoms with van der Waals surface area (Å²) in [5, 5.41) is 3.15. The number of aryl methyl sites for hydroxylation is 2. The summed E-state index contributed by atoms with van der Waals surface area (Å²) in [6.45, 7) is 4.12. The Hall–Kier alpha value is -3.14. The number of urea groups is 1. The summed E-state index contributed by atoms with van der Waals surface area (Å²) in [5.41, 5.74) is 4.05. The Morgan fingerprint density at radius 3 is 2.37 bits per heavy atom. The second kappa shape index (κ2) is 10.2. The molecule has 2 aromatic carbocycles. The molecule has 8 nitrogen and oxygen atoms in total. The second-order valence-electron chi connectivity index (χ2n) is 7.91. The van der Waals surface area contributed by atoms with E-state index in [9.17, 15) is 13.2 Å². The lowest BCUT2D eigenvalue weighted by molar-refractivity contribution is 0.246. The Morgan fingerprint density at radius 2 is 1.71 bits per heavy atom. The van der Waals surface area contributed by atoms with Gasteiger partial charge in [0.15, 0.2) is 5.65 Å². The minimum Gasteiger partial charge on any atom is -0.337 e. The number of carbonyl (C=O) groups excluding carboxylic acids is 1. The number of aromatic nitrogens is 3. The second-order valence-corrected chi connectivity index (χ2v) is 10.4. The van der Waals surface area contributed by atoms with Crippen LogP contribution in [-0.2, 0) is 22.9 Å². The predicted octanol–water partition coefficient (Wildman–Crippen LogP) is 4.83. The SMILES string of the molecule is CCc1nc2cc(Cl)c(Cl)nc2n1-c1ccc(CCNC(=O)NS(=O)(=O)c2ccc(C)cc2)cc1. The molecule has 0 spiro atoms. The quantitative estimate of drug-likeness (QED) is 0.332. The summed E-state index contributed by atoms with van der Waals surface area (Å²) in [6.07, 6.45) is 1.21. The van der Waals surface area contributed by atoms with E-state index in [1.807, 2.05) is 47.4 Å². The van der Waals surface area contributed by atoms with Crippen molar-refractivity contribution in [2.45, 2.75) is 31.6 Å². The number of rotatable bonds is 7. The summed E-state index contributed by atoms with van der Waals surface area (Å²) in [6, 6.07) is 14.9. The maximum atomic E-state index is 12.3. The van der Waals surface area contributed by atoms with Crippen molar-refractivity contribution in [3.63, 3.8) is 0 Å². The van der Waals surface area contributed by atoms with Gasteiger partial charge in [-0.05, 0) is 49.2 Å². The lowest BCUT2D eigenvalue weighted by Gasteiger charge is -2.10. The van der Waals surface area contributed by atoms with E-state index in [1.165, 1.54) is 12.1 Å². The standard InChI is InChI=1S/C24H23Cl2N5O3S/c1-3-21-28-20-14-19(25)22(26)29-23(20)31(21)17-8-6-16(7-9-17)12-13-27-24(32)30-35(33,34)18-10-4-15(2)5-11-18/h4-11,14H,3,12-13H2,1-2H3,(H2,27,30,32). The summed E-state index contributed by atoms with van der Waals surface area (Å²) >= 11 is 12.2. The molecule has 0 aliphatic carbocycles. The van der Waals surface area contributed by atoms with E-state index >= 15 is 0 Å². The number of nitrogens with one attached hydrogen (secondary N) is 2. The minimum atomic E-state index is -3.93. The monoisotopic (exact) mass is 531 g/mol. The number of hydrogen-bond acceptors (Lipinski definition) is 5. The zero-order chi connectivity index (χ0) is 25.2. The molecular weight excluding hydrogens is 509 g/mol. The molecule has 4 rings (SSSR count). The average molecular weight is 532 g/mol. The van der Waals surface area contributed by atoms with Gasteiger partial charge in [0.1, 0.15) is 16.5 Å². The van der Waals surface area contributed by atoms with Gasteiger partial charge in [-0.15, -0.1) is 0 Å². The summed E-state index contributed by atoms with van der Waals surface area (Å²) in [7, 11) is -3.93. The lowest BCUT2D eigenvalue weighted by Crippen LogP contribution is -2.40. The van der Waals surface area contributed by atoms with Gasteiger partial charge >= 0.3 is 6.03 Å². The fourth-order valence-electron chi connectivity index (χ4n) is 3.58. The average Bonchev–Trinajstić information content (AvgIpc) is 3.17. The minimum absolute atomic E-state index is 0.0327. The maximum absolute atomic E-state index is 12.3. The number of imidazole rings is 1. The van der Waals surface area contributed by atoms with Crippen LogP contribution >= 0.6 is 23.2 Å². The number of halogens is 2. The summed E-state index contributed by atoms with van der Waals surface area (Å²) < 4.78 is 28.6. The molecule has 4 aromatic rings. The van der Waals surface area contributed by atoms with E-state index in [0.717, 1.165) is 22.6 Å². The van der Waals surface area contributed by atoms with Crippen molar-refractivity contribution in [3.05, 3.63) is 81.7 Å². The molecule has 2 N–H and O–H groups in total. The molecule has 2 aromatic heterocycles. The third kappa shape index (κ3) is 5.58. The summed E-state index contributed by atoms with van der Waals surface area (Å²) in [5.74, 6) is 0.826. The Bertz CT molecular complexity index is 1480. The van der Waals surface area contributed by atoms with Gasteiger partial charge in [-0.2, -0.15) is 0 Å². The highest BCUT2D eigenvalue weighted by Gasteiger charge is 2.17. The van der Waals surface area contributed by atoms with Gasteiger partial charge in [0.2, 0.25) is 0 Å². The van der Waals surface area contributed by atoms with E-state index in [-0.39, 0.29) is 16.6 Å². The van der Waals surface area contributed by atoms with Crippen LogP contribution < -0.4 is 10.0 Å². The van der Waals surface area contributed by atoms with Crippen molar-refractivity contribution >= 4 is 50.4 Å². The number of carbonyl (C=O) groups is 1. The molecule has 0 fully saturated rings. The van der Waals surface area contributed by atoms with Crippen LogP contribution in [0.4, 0.5) is 4.79 Å². The number of fused-ring (bicyclic) bond motifs is 1. The Balaban J connectivity index is 1.40. The highest BCUT2D eigenvalue weighted by molar-refractivity contribution is 7.90. The first kappa shape index (κ1) is 25.0. The first-order valence-corrected chi connectivity index (χ1v) is 13.1. The van der Waals surface area contributed by atoms with Crippen molar-refractivity contribution in [2.24, 2.45) is 0 Å². The summed E-state index contributed by atoms with van der Waals surface area (Å²) in [4.78, 5) is 21.1. The number of pyridine rings is 1. The van der Waals surface area contributed by atoms with Crippen molar-refractivity contribution in [3.8, 4) is 5.69 Å². The molecule has 11 heteroatoms. The number of amides is 2. The smallest absolute Gasteiger partial charge is 0.328 e. The molecule has 0 radical (unpaired) electrons. The highest BCUT2D eigenvalue weighted by Crippen LogP contribution is 2.27. The fraction of sp³-hybridized carbons (Fsp3) is 0.208. The van der Waals surface area contributed by atoms with Gasteiger partial charge in [-0.25, -0.2) is 27.9 Å². The molecule has 35 heavy (non-hydrogen) atoms. The van der Waals surface area contributed by atoms with Crippen molar-refractivity contribution in [1.82, 2.24) is 24.6 Å². The molecule has 2 heterocycles. The van der Waals surface area contributed by atoms with Crippen LogP contribution in [0.3, 0.4) is 0 Å². The topological polar surface area (TPSA) is 106 Å². The van der Waals surface area contributed by atoms with Gasteiger partial charge < -0.3 is 5.32 Å². The number of benzene rings is 2. The van der Waals surface area contributed by atoms with Gasteiger partial charge in [-0.3, -0.25) is 4.57 Å². The first-order valence-electron chi connectivity index (χ1n) is 10.9. The largest absolute Gasteiger partial charge is 0.337 e. The van der Waals surface area contributed by atoms with Gasteiger partial charge in [-0.1, -0.05) is 60.0 Å².